The summed E-state index contributed by atoms with van der Waals surface area (Å²) in [6, 6.07) is 2.86. The van der Waals surface area contributed by atoms with E-state index in [0.717, 1.165) is 4.31 Å². The van der Waals surface area contributed by atoms with E-state index in [2.05, 4.69) is 10.3 Å². The first kappa shape index (κ1) is 15.9. The molecule has 1 rings (SSSR count). The Morgan fingerprint density at radius 1 is 1.53 bits per heavy atom. The Hall–Kier alpha value is -1.18. The smallest absolute Gasteiger partial charge is 0.246 e. The highest BCUT2D eigenvalue weighted by Gasteiger charge is 2.28. The molecule has 0 aliphatic rings. The maximum Gasteiger partial charge on any atom is 0.246 e. The van der Waals surface area contributed by atoms with Crippen LogP contribution in [0.5, 0.6) is 0 Å². The predicted octanol–water partition coefficient (Wildman–Crippen LogP) is 0.882. The SMILES string of the molecule is CCCN(CC(=O)NC)S(=O)(=O)c1cccnc1Cl. The van der Waals surface area contributed by atoms with Crippen molar-refractivity contribution in [3.63, 3.8) is 0 Å². The molecule has 0 saturated carbocycles. The highest BCUT2D eigenvalue weighted by molar-refractivity contribution is 7.89. The molecular formula is C11H16ClN3O3S. The van der Waals surface area contributed by atoms with Gasteiger partial charge in [-0.25, -0.2) is 13.4 Å². The van der Waals surface area contributed by atoms with Crippen LogP contribution in [0.25, 0.3) is 0 Å². The average Bonchev–Trinajstić information content (AvgIpc) is 2.38. The van der Waals surface area contributed by atoms with E-state index in [9.17, 15) is 13.2 Å². The summed E-state index contributed by atoms with van der Waals surface area (Å²) in [5.41, 5.74) is 0. The largest absolute Gasteiger partial charge is 0.358 e. The summed E-state index contributed by atoms with van der Waals surface area (Å²) in [5, 5.41) is 2.30. The van der Waals surface area contributed by atoms with Crippen molar-refractivity contribution in [1.82, 2.24) is 14.6 Å². The molecule has 0 fully saturated rings. The van der Waals surface area contributed by atoms with Crippen molar-refractivity contribution >= 4 is 27.5 Å². The van der Waals surface area contributed by atoms with E-state index >= 15 is 0 Å². The molecule has 0 aromatic carbocycles. The molecule has 0 unspecified atom stereocenters. The third kappa shape index (κ3) is 3.89. The molecule has 6 nitrogen and oxygen atoms in total. The molecule has 0 atom stereocenters. The second-order valence-electron chi connectivity index (χ2n) is 3.80. The van der Waals surface area contributed by atoms with Gasteiger partial charge in [-0.3, -0.25) is 4.79 Å². The number of likely N-dealkylation sites (N-methyl/N-ethyl adjacent to an activating group) is 1. The maximum atomic E-state index is 12.4. The Morgan fingerprint density at radius 2 is 2.21 bits per heavy atom. The van der Waals surface area contributed by atoms with E-state index in [4.69, 9.17) is 11.6 Å². The van der Waals surface area contributed by atoms with Crippen molar-refractivity contribution in [3.05, 3.63) is 23.5 Å². The van der Waals surface area contributed by atoms with Crippen molar-refractivity contribution in [1.29, 1.82) is 0 Å². The van der Waals surface area contributed by atoms with Gasteiger partial charge in [-0.05, 0) is 18.6 Å². The van der Waals surface area contributed by atoms with E-state index in [0.29, 0.717) is 6.42 Å². The number of sulfonamides is 1. The van der Waals surface area contributed by atoms with E-state index in [1.807, 2.05) is 6.92 Å². The van der Waals surface area contributed by atoms with Crippen LogP contribution in [-0.2, 0) is 14.8 Å². The summed E-state index contributed by atoms with van der Waals surface area (Å²) < 4.78 is 25.9. The Morgan fingerprint density at radius 3 is 2.74 bits per heavy atom. The lowest BCUT2D eigenvalue weighted by Crippen LogP contribution is -2.40. The van der Waals surface area contributed by atoms with E-state index < -0.39 is 10.0 Å². The highest BCUT2D eigenvalue weighted by atomic mass is 35.5. The zero-order valence-electron chi connectivity index (χ0n) is 10.8. The molecule has 0 bridgehead atoms. The molecule has 1 aromatic rings. The van der Waals surface area contributed by atoms with Gasteiger partial charge in [-0.2, -0.15) is 4.31 Å². The lowest BCUT2D eigenvalue weighted by atomic mass is 10.4. The number of amides is 1. The van der Waals surface area contributed by atoms with Crippen molar-refractivity contribution < 1.29 is 13.2 Å². The molecular weight excluding hydrogens is 290 g/mol. The summed E-state index contributed by atoms with van der Waals surface area (Å²) in [4.78, 5) is 15.1. The number of nitrogens with one attached hydrogen (secondary N) is 1. The fourth-order valence-corrected chi connectivity index (χ4v) is 3.39. The fourth-order valence-electron chi connectivity index (χ4n) is 1.48. The number of aromatic nitrogens is 1. The van der Waals surface area contributed by atoms with Gasteiger partial charge in [0.2, 0.25) is 15.9 Å². The normalized spacial score (nSPS) is 11.6. The zero-order chi connectivity index (χ0) is 14.5. The summed E-state index contributed by atoms with van der Waals surface area (Å²) in [7, 11) is -2.37. The zero-order valence-corrected chi connectivity index (χ0v) is 12.3. The minimum absolute atomic E-state index is 0.0889. The molecule has 8 heteroatoms. The number of rotatable bonds is 6. The molecule has 1 N–H and O–H groups in total. The molecule has 0 saturated heterocycles. The fraction of sp³-hybridized carbons (Fsp3) is 0.455. The van der Waals surface area contributed by atoms with Gasteiger partial charge < -0.3 is 5.32 Å². The molecule has 0 aliphatic heterocycles. The van der Waals surface area contributed by atoms with Crippen LogP contribution in [0.1, 0.15) is 13.3 Å². The van der Waals surface area contributed by atoms with Crippen molar-refractivity contribution in [2.75, 3.05) is 20.1 Å². The average molecular weight is 306 g/mol. The standard InChI is InChI=1S/C11H16ClN3O3S/c1-3-7-15(8-10(16)13-2)19(17,18)9-5-4-6-14-11(9)12/h4-6H,3,7-8H2,1-2H3,(H,13,16). The van der Waals surface area contributed by atoms with Crippen molar-refractivity contribution in [3.8, 4) is 0 Å². The number of carbonyl (C=O) groups excluding carboxylic acids is 1. The quantitative estimate of drug-likeness (QED) is 0.791. The van der Waals surface area contributed by atoms with Gasteiger partial charge in [0.15, 0.2) is 0 Å². The highest BCUT2D eigenvalue weighted by Crippen LogP contribution is 2.22. The van der Waals surface area contributed by atoms with E-state index in [1.165, 1.54) is 25.4 Å². The van der Waals surface area contributed by atoms with E-state index in [1.54, 1.807) is 0 Å². The Bertz CT molecular complexity index is 548. The molecule has 1 heterocycles. The topological polar surface area (TPSA) is 79.4 Å². The Balaban J connectivity index is 3.13. The van der Waals surface area contributed by atoms with Gasteiger partial charge in [-0.15, -0.1) is 0 Å². The van der Waals surface area contributed by atoms with Crippen LogP contribution in [0.3, 0.4) is 0 Å². The number of carbonyl (C=O) groups is 1. The summed E-state index contributed by atoms with van der Waals surface area (Å²) in [5.74, 6) is -0.378. The predicted molar refractivity (Wildman–Crippen MR) is 72.4 cm³/mol. The number of pyridine rings is 1. The van der Waals surface area contributed by atoms with Gasteiger partial charge in [0.25, 0.3) is 0 Å². The third-order valence-corrected chi connectivity index (χ3v) is 4.70. The van der Waals surface area contributed by atoms with Crippen LogP contribution >= 0.6 is 11.6 Å². The first-order chi connectivity index (χ1) is 8.93. The monoisotopic (exact) mass is 305 g/mol. The first-order valence-corrected chi connectivity index (χ1v) is 7.56. The van der Waals surface area contributed by atoms with Crippen LogP contribution in [0, 0.1) is 0 Å². The lowest BCUT2D eigenvalue weighted by molar-refractivity contribution is -0.120. The first-order valence-electron chi connectivity index (χ1n) is 5.74. The number of halogens is 1. The minimum atomic E-state index is -3.82. The third-order valence-electron chi connectivity index (χ3n) is 2.41. The number of hydrogen-bond acceptors (Lipinski definition) is 4. The van der Waals surface area contributed by atoms with Gasteiger partial charge in [0.1, 0.15) is 10.0 Å². The second kappa shape index (κ2) is 6.83. The molecule has 1 amide bonds. The maximum absolute atomic E-state index is 12.4. The molecule has 1 aromatic heterocycles. The minimum Gasteiger partial charge on any atom is -0.358 e. The van der Waals surface area contributed by atoms with Crippen LogP contribution in [-0.4, -0.2) is 43.8 Å². The van der Waals surface area contributed by atoms with Crippen LogP contribution in [0.2, 0.25) is 5.15 Å². The number of hydrogen-bond donors (Lipinski definition) is 1. The molecule has 0 aliphatic carbocycles. The van der Waals surface area contributed by atoms with Crippen LogP contribution < -0.4 is 5.32 Å². The Labute approximate surface area is 117 Å². The summed E-state index contributed by atoms with van der Waals surface area (Å²) in [6.07, 6.45) is 2.00. The lowest BCUT2D eigenvalue weighted by Gasteiger charge is -2.20. The van der Waals surface area contributed by atoms with Crippen molar-refractivity contribution in [2.45, 2.75) is 18.2 Å². The van der Waals surface area contributed by atoms with Crippen molar-refractivity contribution in [2.24, 2.45) is 0 Å². The van der Waals surface area contributed by atoms with Gasteiger partial charge in [0, 0.05) is 19.8 Å². The van der Waals surface area contributed by atoms with Crippen LogP contribution in [0.15, 0.2) is 23.2 Å². The second-order valence-corrected chi connectivity index (χ2v) is 6.07. The summed E-state index contributed by atoms with van der Waals surface area (Å²) in [6.45, 7) is 1.83. The summed E-state index contributed by atoms with van der Waals surface area (Å²) >= 11 is 5.81. The van der Waals surface area contributed by atoms with Gasteiger partial charge in [-0.1, -0.05) is 18.5 Å². The van der Waals surface area contributed by atoms with Crippen LogP contribution in [0.4, 0.5) is 0 Å². The molecule has 106 valence electrons. The van der Waals surface area contributed by atoms with Gasteiger partial charge in [0.05, 0.1) is 6.54 Å². The van der Waals surface area contributed by atoms with E-state index in [-0.39, 0.29) is 29.0 Å². The number of nitrogens with zero attached hydrogens (tertiary/aromatic N) is 2. The molecule has 19 heavy (non-hydrogen) atoms. The Kier molecular flexibility index (Phi) is 5.71. The van der Waals surface area contributed by atoms with Gasteiger partial charge >= 0.3 is 0 Å². The molecule has 0 radical (unpaired) electrons. The molecule has 0 spiro atoms.